The highest BCUT2D eigenvalue weighted by Crippen LogP contribution is 2.30. The van der Waals surface area contributed by atoms with Gasteiger partial charge in [-0.25, -0.2) is 9.97 Å². The summed E-state index contributed by atoms with van der Waals surface area (Å²) in [6.07, 6.45) is 0.998. The maximum Gasteiger partial charge on any atom is 0.117 e. The lowest BCUT2D eigenvalue weighted by Gasteiger charge is -2.12. The molecule has 2 rings (SSSR count). The molecule has 0 aliphatic rings. The minimum atomic E-state index is 0.151. The summed E-state index contributed by atoms with van der Waals surface area (Å²) in [7, 11) is 0. The van der Waals surface area contributed by atoms with E-state index in [9.17, 15) is 0 Å². The summed E-state index contributed by atoms with van der Waals surface area (Å²) >= 11 is 3.49. The highest BCUT2D eigenvalue weighted by atomic mass is 32.1. The van der Waals surface area contributed by atoms with Gasteiger partial charge in [0.2, 0.25) is 0 Å². The number of thiazole rings is 2. The average Bonchev–Trinajstić information content (AvgIpc) is 2.92. The maximum absolute atomic E-state index is 4.76. The molecular weight excluding hydrogens is 262 g/mol. The quantitative estimate of drug-likeness (QED) is 0.912. The summed E-state index contributed by atoms with van der Waals surface area (Å²) in [6.45, 7) is 9.38. The van der Waals surface area contributed by atoms with Gasteiger partial charge in [0.05, 0.1) is 5.69 Å². The molecule has 0 aliphatic carbocycles. The highest BCUT2D eigenvalue weighted by Gasteiger charge is 2.21. The van der Waals surface area contributed by atoms with E-state index in [1.807, 2.05) is 6.92 Å². The molecule has 98 valence electrons. The fourth-order valence-corrected chi connectivity index (χ4v) is 3.93. The molecule has 3 nitrogen and oxygen atoms in total. The van der Waals surface area contributed by atoms with Gasteiger partial charge in [-0.05, 0) is 26.8 Å². The summed E-state index contributed by atoms with van der Waals surface area (Å²) in [6, 6.07) is 0.151. The van der Waals surface area contributed by atoms with Crippen LogP contribution in [0.25, 0.3) is 0 Å². The first kappa shape index (κ1) is 13.6. The van der Waals surface area contributed by atoms with Crippen LogP contribution in [0.15, 0.2) is 5.38 Å². The summed E-state index contributed by atoms with van der Waals surface area (Å²) in [5.74, 6) is 0. The van der Waals surface area contributed by atoms with E-state index in [0.29, 0.717) is 0 Å². The normalized spacial score (nSPS) is 12.9. The molecule has 0 amide bonds. The van der Waals surface area contributed by atoms with Gasteiger partial charge >= 0.3 is 0 Å². The zero-order valence-corrected chi connectivity index (χ0v) is 12.9. The topological polar surface area (TPSA) is 37.8 Å². The smallest absolute Gasteiger partial charge is 0.117 e. The summed E-state index contributed by atoms with van der Waals surface area (Å²) in [4.78, 5) is 10.7. The van der Waals surface area contributed by atoms with E-state index in [2.05, 4.69) is 36.5 Å². The first-order valence-corrected chi connectivity index (χ1v) is 7.96. The van der Waals surface area contributed by atoms with E-state index in [0.717, 1.165) is 28.7 Å². The average molecular weight is 281 g/mol. The van der Waals surface area contributed by atoms with Crippen molar-refractivity contribution in [2.75, 3.05) is 6.54 Å². The van der Waals surface area contributed by atoms with E-state index in [1.165, 1.54) is 10.6 Å². The third-order valence-corrected chi connectivity index (χ3v) is 4.89. The Kier molecular flexibility index (Phi) is 4.48. The third kappa shape index (κ3) is 2.79. The predicted octanol–water partition coefficient (Wildman–Crippen LogP) is 3.48. The molecule has 1 N–H and O–H groups in total. The molecule has 1 unspecified atom stereocenters. The van der Waals surface area contributed by atoms with Crippen molar-refractivity contribution in [2.45, 2.75) is 40.2 Å². The molecule has 1 atom stereocenters. The fraction of sp³-hybridized carbons (Fsp3) is 0.538. The van der Waals surface area contributed by atoms with Gasteiger partial charge in [-0.15, -0.1) is 22.7 Å². The largest absolute Gasteiger partial charge is 0.303 e. The number of nitrogens with one attached hydrogen (secondary N) is 1. The van der Waals surface area contributed by atoms with Crippen molar-refractivity contribution in [1.29, 1.82) is 0 Å². The first-order valence-electron chi connectivity index (χ1n) is 6.27. The van der Waals surface area contributed by atoms with Gasteiger partial charge < -0.3 is 5.32 Å². The lowest BCUT2D eigenvalue weighted by Crippen LogP contribution is -2.21. The Morgan fingerprint density at radius 1 is 1.22 bits per heavy atom. The number of aromatic nitrogens is 2. The lowest BCUT2D eigenvalue weighted by molar-refractivity contribution is 0.621. The van der Waals surface area contributed by atoms with Gasteiger partial charge in [0.25, 0.3) is 0 Å². The fourth-order valence-electron chi connectivity index (χ4n) is 1.89. The van der Waals surface area contributed by atoms with Crippen molar-refractivity contribution in [3.8, 4) is 0 Å². The van der Waals surface area contributed by atoms with Gasteiger partial charge in [0.15, 0.2) is 0 Å². The van der Waals surface area contributed by atoms with Gasteiger partial charge in [0.1, 0.15) is 16.1 Å². The highest BCUT2D eigenvalue weighted by molar-refractivity contribution is 7.12. The molecule has 0 spiro atoms. The molecule has 0 aromatic carbocycles. The van der Waals surface area contributed by atoms with Crippen LogP contribution in [-0.4, -0.2) is 16.5 Å². The molecule has 0 bridgehead atoms. The maximum atomic E-state index is 4.76. The van der Waals surface area contributed by atoms with Crippen molar-refractivity contribution < 1.29 is 0 Å². The Morgan fingerprint density at radius 3 is 2.50 bits per heavy atom. The predicted molar refractivity (Wildman–Crippen MR) is 78.6 cm³/mol. The Hall–Kier alpha value is -0.780. The van der Waals surface area contributed by atoms with E-state index < -0.39 is 0 Å². The zero-order valence-electron chi connectivity index (χ0n) is 11.3. The van der Waals surface area contributed by atoms with Crippen molar-refractivity contribution in [3.05, 3.63) is 31.7 Å². The Balaban J connectivity index is 2.34. The molecule has 2 heterocycles. The standard InChI is InChI=1S/C13H19N3S2/c1-5-10-9(4)18-13(16-10)11(14-6-2)12-15-8(3)7-17-12/h7,11,14H,5-6H2,1-4H3. The Morgan fingerprint density at radius 2 is 2.00 bits per heavy atom. The number of aryl methyl sites for hydroxylation is 3. The van der Waals surface area contributed by atoms with Crippen LogP contribution in [0.5, 0.6) is 0 Å². The number of nitrogens with zero attached hydrogens (tertiary/aromatic N) is 2. The number of hydrogen-bond acceptors (Lipinski definition) is 5. The van der Waals surface area contributed by atoms with Crippen molar-refractivity contribution in [3.63, 3.8) is 0 Å². The van der Waals surface area contributed by atoms with Crippen LogP contribution in [0, 0.1) is 13.8 Å². The summed E-state index contributed by atoms with van der Waals surface area (Å²) in [5.41, 5.74) is 2.30. The minimum absolute atomic E-state index is 0.151. The lowest BCUT2D eigenvalue weighted by atomic mass is 10.3. The van der Waals surface area contributed by atoms with Crippen LogP contribution >= 0.6 is 22.7 Å². The second kappa shape index (κ2) is 5.91. The summed E-state index contributed by atoms with van der Waals surface area (Å²) in [5, 5.41) is 7.84. The molecule has 0 saturated heterocycles. The van der Waals surface area contributed by atoms with Crippen LogP contribution in [-0.2, 0) is 6.42 Å². The molecule has 2 aromatic heterocycles. The van der Waals surface area contributed by atoms with Crippen LogP contribution in [0.3, 0.4) is 0 Å². The second-order valence-corrected chi connectivity index (χ2v) is 6.35. The molecule has 0 fully saturated rings. The monoisotopic (exact) mass is 281 g/mol. The van der Waals surface area contributed by atoms with Gasteiger partial charge in [-0.1, -0.05) is 13.8 Å². The molecule has 0 radical (unpaired) electrons. The van der Waals surface area contributed by atoms with Crippen LogP contribution in [0.1, 0.15) is 46.2 Å². The van der Waals surface area contributed by atoms with Gasteiger partial charge in [-0.2, -0.15) is 0 Å². The molecular formula is C13H19N3S2. The van der Waals surface area contributed by atoms with Crippen LogP contribution in [0.4, 0.5) is 0 Å². The Bertz CT molecular complexity index is 516. The molecule has 2 aromatic rings. The SMILES string of the molecule is CCNC(c1nc(C)cs1)c1nc(CC)c(C)s1. The first-order chi connectivity index (χ1) is 8.65. The second-order valence-electron chi connectivity index (χ2n) is 4.23. The third-order valence-electron chi connectivity index (χ3n) is 2.78. The van der Waals surface area contributed by atoms with Crippen LogP contribution in [0.2, 0.25) is 0 Å². The van der Waals surface area contributed by atoms with Gasteiger partial charge in [0, 0.05) is 16.0 Å². The van der Waals surface area contributed by atoms with Crippen LogP contribution < -0.4 is 5.32 Å². The van der Waals surface area contributed by atoms with Gasteiger partial charge in [-0.3, -0.25) is 0 Å². The minimum Gasteiger partial charge on any atom is -0.303 e. The Labute approximate surface area is 116 Å². The van der Waals surface area contributed by atoms with Crippen molar-refractivity contribution in [1.82, 2.24) is 15.3 Å². The summed E-state index contributed by atoms with van der Waals surface area (Å²) < 4.78 is 0. The molecule has 0 saturated carbocycles. The molecule has 0 aliphatic heterocycles. The van der Waals surface area contributed by atoms with Crippen molar-refractivity contribution >= 4 is 22.7 Å². The van der Waals surface area contributed by atoms with E-state index in [-0.39, 0.29) is 6.04 Å². The molecule has 5 heteroatoms. The van der Waals surface area contributed by atoms with Crippen molar-refractivity contribution in [2.24, 2.45) is 0 Å². The van der Waals surface area contributed by atoms with E-state index in [4.69, 9.17) is 4.98 Å². The number of rotatable bonds is 5. The van der Waals surface area contributed by atoms with E-state index in [1.54, 1.807) is 22.7 Å². The molecule has 18 heavy (non-hydrogen) atoms. The van der Waals surface area contributed by atoms with E-state index >= 15 is 0 Å². The zero-order chi connectivity index (χ0) is 13.1. The number of hydrogen-bond donors (Lipinski definition) is 1.